The second-order valence-electron chi connectivity index (χ2n) is 7.32. The van der Waals surface area contributed by atoms with Crippen LogP contribution >= 0.6 is 12.2 Å². The molecule has 0 amide bonds. The minimum Gasteiger partial charge on any atom is -0.464 e. The van der Waals surface area contributed by atoms with Crippen LogP contribution in [0.1, 0.15) is 34.9 Å². The van der Waals surface area contributed by atoms with Crippen LogP contribution in [-0.2, 0) is 10.0 Å². The van der Waals surface area contributed by atoms with Gasteiger partial charge in [0.25, 0.3) is 0 Å². The molecule has 30 heavy (non-hydrogen) atoms. The number of hydrogen-bond donors (Lipinski definition) is 2. The maximum atomic E-state index is 11.6. The van der Waals surface area contributed by atoms with E-state index < -0.39 is 10.0 Å². The molecule has 3 aromatic rings. The number of sulfonamides is 1. The Kier molecular flexibility index (Phi) is 5.25. The molecule has 0 saturated carbocycles. The highest BCUT2D eigenvalue weighted by molar-refractivity contribution is 7.92. The molecule has 4 rings (SSSR count). The van der Waals surface area contributed by atoms with Gasteiger partial charge in [-0.2, -0.15) is 0 Å². The van der Waals surface area contributed by atoms with E-state index in [-0.39, 0.29) is 12.1 Å². The quantitative estimate of drug-likeness (QED) is 0.581. The van der Waals surface area contributed by atoms with Crippen LogP contribution in [0.25, 0.3) is 0 Å². The largest absolute Gasteiger partial charge is 0.464 e. The number of benzene rings is 1. The topological polar surface area (TPSA) is 87.5 Å². The molecule has 9 heteroatoms. The Labute approximate surface area is 181 Å². The van der Waals surface area contributed by atoms with Crippen molar-refractivity contribution < 1.29 is 12.8 Å². The van der Waals surface area contributed by atoms with E-state index >= 15 is 0 Å². The van der Waals surface area contributed by atoms with Crippen LogP contribution in [0.3, 0.4) is 0 Å². The Hall–Kier alpha value is -2.91. The van der Waals surface area contributed by atoms with Gasteiger partial charge in [-0.15, -0.1) is 0 Å². The fourth-order valence-electron chi connectivity index (χ4n) is 3.65. The van der Waals surface area contributed by atoms with E-state index in [1.165, 1.54) is 0 Å². The number of furan rings is 1. The SMILES string of the molecule is Cc1ccc([C@@H]2[C@H](c3ccccn3)NC(=S)N2c2ccc(NS(C)(=O)=O)c(C)c2)o1. The lowest BCUT2D eigenvalue weighted by Gasteiger charge is -2.26. The van der Waals surface area contributed by atoms with Gasteiger partial charge in [-0.05, 0) is 74.1 Å². The number of nitrogens with one attached hydrogen (secondary N) is 2. The number of thiocarbonyl (C=S) groups is 1. The van der Waals surface area contributed by atoms with Gasteiger partial charge in [0.1, 0.15) is 17.6 Å². The number of aromatic nitrogens is 1. The molecule has 3 heterocycles. The third-order valence-electron chi connectivity index (χ3n) is 4.93. The summed E-state index contributed by atoms with van der Waals surface area (Å²) < 4.78 is 31.7. The van der Waals surface area contributed by atoms with E-state index in [9.17, 15) is 8.42 Å². The van der Waals surface area contributed by atoms with Crippen LogP contribution in [0.2, 0.25) is 0 Å². The molecule has 1 fully saturated rings. The average molecular weight is 443 g/mol. The molecule has 2 N–H and O–H groups in total. The van der Waals surface area contributed by atoms with Crippen LogP contribution in [0.15, 0.2) is 59.1 Å². The summed E-state index contributed by atoms with van der Waals surface area (Å²) in [6.07, 6.45) is 2.88. The highest BCUT2D eigenvalue weighted by atomic mass is 32.2. The van der Waals surface area contributed by atoms with Gasteiger partial charge in [0.2, 0.25) is 10.0 Å². The Morgan fingerprint density at radius 3 is 2.57 bits per heavy atom. The third kappa shape index (κ3) is 4.03. The first kappa shape index (κ1) is 20.4. The predicted octanol–water partition coefficient (Wildman–Crippen LogP) is 3.84. The summed E-state index contributed by atoms with van der Waals surface area (Å²) in [5.41, 5.74) is 3.01. The summed E-state index contributed by atoms with van der Waals surface area (Å²) in [7, 11) is -3.36. The van der Waals surface area contributed by atoms with Crippen LogP contribution in [0.4, 0.5) is 11.4 Å². The molecule has 156 valence electrons. The molecule has 1 aliphatic heterocycles. The number of rotatable bonds is 5. The van der Waals surface area contributed by atoms with E-state index in [1.807, 2.05) is 61.2 Å². The monoisotopic (exact) mass is 442 g/mol. The van der Waals surface area contributed by atoms with E-state index in [1.54, 1.807) is 12.3 Å². The fourth-order valence-corrected chi connectivity index (χ4v) is 4.62. The van der Waals surface area contributed by atoms with Crippen molar-refractivity contribution in [2.24, 2.45) is 0 Å². The van der Waals surface area contributed by atoms with Gasteiger partial charge < -0.3 is 14.6 Å². The Balaban J connectivity index is 1.77. The molecular formula is C21H22N4O3S2. The van der Waals surface area contributed by atoms with Crippen LogP contribution in [-0.4, -0.2) is 24.8 Å². The Morgan fingerprint density at radius 1 is 1.17 bits per heavy atom. The first-order chi connectivity index (χ1) is 14.2. The molecule has 0 unspecified atom stereocenters. The molecule has 0 radical (unpaired) electrons. The molecule has 0 spiro atoms. The molecule has 2 atom stereocenters. The first-order valence-corrected chi connectivity index (χ1v) is 11.7. The number of nitrogens with zero attached hydrogens (tertiary/aromatic N) is 2. The van der Waals surface area contributed by atoms with Gasteiger partial charge >= 0.3 is 0 Å². The van der Waals surface area contributed by atoms with E-state index in [0.717, 1.165) is 34.7 Å². The Bertz CT molecular complexity index is 1190. The molecular weight excluding hydrogens is 420 g/mol. The molecule has 0 bridgehead atoms. The smallest absolute Gasteiger partial charge is 0.229 e. The van der Waals surface area contributed by atoms with Crippen molar-refractivity contribution in [3.63, 3.8) is 0 Å². The molecule has 1 aliphatic rings. The van der Waals surface area contributed by atoms with Crippen molar-refractivity contribution in [1.29, 1.82) is 0 Å². The van der Waals surface area contributed by atoms with Crippen LogP contribution in [0, 0.1) is 13.8 Å². The minimum absolute atomic E-state index is 0.196. The fraction of sp³-hybridized carbons (Fsp3) is 0.238. The van der Waals surface area contributed by atoms with Gasteiger partial charge in [0, 0.05) is 11.9 Å². The van der Waals surface area contributed by atoms with E-state index in [0.29, 0.717) is 10.8 Å². The summed E-state index contributed by atoms with van der Waals surface area (Å²) in [6, 6.07) is 14.7. The normalized spacial score (nSPS) is 19.0. The molecule has 0 aliphatic carbocycles. The molecule has 7 nitrogen and oxygen atoms in total. The Morgan fingerprint density at radius 2 is 1.97 bits per heavy atom. The van der Waals surface area contributed by atoms with Gasteiger partial charge in [-0.1, -0.05) is 6.07 Å². The summed E-state index contributed by atoms with van der Waals surface area (Å²) in [5.74, 6) is 1.58. The van der Waals surface area contributed by atoms with Crippen LogP contribution in [0.5, 0.6) is 0 Å². The van der Waals surface area contributed by atoms with Crippen molar-refractivity contribution in [2.75, 3.05) is 15.9 Å². The third-order valence-corrected chi connectivity index (χ3v) is 5.84. The van der Waals surface area contributed by atoms with Gasteiger partial charge in [0.15, 0.2) is 5.11 Å². The number of anilines is 2. The molecule has 2 aromatic heterocycles. The zero-order valence-electron chi connectivity index (χ0n) is 16.8. The lowest BCUT2D eigenvalue weighted by atomic mass is 10.0. The number of aryl methyl sites for hydroxylation is 2. The van der Waals surface area contributed by atoms with Gasteiger partial charge in [-0.3, -0.25) is 9.71 Å². The van der Waals surface area contributed by atoms with E-state index in [2.05, 4.69) is 15.0 Å². The van der Waals surface area contributed by atoms with Crippen molar-refractivity contribution in [3.05, 3.63) is 77.5 Å². The maximum absolute atomic E-state index is 11.6. The zero-order valence-corrected chi connectivity index (χ0v) is 18.4. The van der Waals surface area contributed by atoms with Crippen molar-refractivity contribution >= 4 is 38.7 Å². The highest BCUT2D eigenvalue weighted by Crippen LogP contribution is 2.42. The first-order valence-electron chi connectivity index (χ1n) is 9.38. The minimum atomic E-state index is -3.36. The van der Waals surface area contributed by atoms with Crippen molar-refractivity contribution in [2.45, 2.75) is 25.9 Å². The zero-order chi connectivity index (χ0) is 21.5. The standard InChI is InChI=1S/C21H22N4O3S2/c1-13-12-15(8-9-16(13)24-30(3,26)27)25-20(18-10-7-14(2)28-18)19(23-21(25)29)17-6-4-5-11-22-17/h4-12,19-20,24H,1-3H3,(H,23,29)/t19-,20+/m0/s1. The highest BCUT2D eigenvalue weighted by Gasteiger charge is 2.42. The van der Waals surface area contributed by atoms with Gasteiger partial charge in [-0.25, -0.2) is 8.42 Å². The summed E-state index contributed by atoms with van der Waals surface area (Å²) >= 11 is 5.68. The summed E-state index contributed by atoms with van der Waals surface area (Å²) in [4.78, 5) is 6.50. The van der Waals surface area contributed by atoms with E-state index in [4.69, 9.17) is 16.6 Å². The van der Waals surface area contributed by atoms with Crippen molar-refractivity contribution in [3.8, 4) is 0 Å². The number of hydrogen-bond acceptors (Lipinski definition) is 5. The lowest BCUT2D eigenvalue weighted by molar-refractivity contribution is 0.418. The van der Waals surface area contributed by atoms with Crippen LogP contribution < -0.4 is 14.9 Å². The molecule has 1 aromatic carbocycles. The summed E-state index contributed by atoms with van der Waals surface area (Å²) in [5, 5.41) is 3.92. The van der Waals surface area contributed by atoms with Crippen molar-refractivity contribution in [1.82, 2.24) is 10.3 Å². The average Bonchev–Trinajstić information content (AvgIpc) is 3.26. The second-order valence-corrected chi connectivity index (χ2v) is 9.45. The number of pyridine rings is 1. The lowest BCUT2D eigenvalue weighted by Crippen LogP contribution is -2.29. The molecule has 1 saturated heterocycles. The second kappa shape index (κ2) is 7.73. The maximum Gasteiger partial charge on any atom is 0.229 e. The van der Waals surface area contributed by atoms with Gasteiger partial charge in [0.05, 0.1) is 23.7 Å². The summed E-state index contributed by atoms with van der Waals surface area (Å²) in [6.45, 7) is 3.76. The predicted molar refractivity (Wildman–Crippen MR) is 121 cm³/mol.